The standard InChI is InChI=1S/C16H14BrNO4S/c1-4-6-22-13-9-11(17)10(7-12(13)21-3)8-14-15(19)18(5-2)16(20)23-14/h1,7-9H,5-6H2,2-3H3/b14-8+. The van der Waals surface area contributed by atoms with E-state index in [2.05, 4.69) is 21.9 Å². The highest BCUT2D eigenvalue weighted by Gasteiger charge is 2.33. The summed E-state index contributed by atoms with van der Waals surface area (Å²) in [6.45, 7) is 2.23. The van der Waals surface area contributed by atoms with Gasteiger partial charge in [-0.15, -0.1) is 6.42 Å². The molecule has 1 heterocycles. The number of carbonyl (C=O) groups is 2. The van der Waals surface area contributed by atoms with Crippen molar-refractivity contribution in [1.29, 1.82) is 0 Å². The first kappa shape index (κ1) is 17.4. The Balaban J connectivity index is 2.37. The molecule has 0 spiro atoms. The lowest BCUT2D eigenvalue weighted by molar-refractivity contribution is -0.122. The van der Waals surface area contributed by atoms with Crippen LogP contribution in [0.15, 0.2) is 21.5 Å². The van der Waals surface area contributed by atoms with Gasteiger partial charge < -0.3 is 9.47 Å². The zero-order valence-corrected chi connectivity index (χ0v) is 15.0. The second-order valence-electron chi connectivity index (χ2n) is 4.44. The zero-order chi connectivity index (χ0) is 17.0. The largest absolute Gasteiger partial charge is 0.493 e. The van der Waals surface area contributed by atoms with Crippen LogP contribution in [0.5, 0.6) is 11.5 Å². The molecule has 120 valence electrons. The van der Waals surface area contributed by atoms with Crippen LogP contribution in [-0.2, 0) is 4.79 Å². The Hall–Kier alpha value is -1.91. The van der Waals surface area contributed by atoms with E-state index in [1.54, 1.807) is 25.1 Å². The van der Waals surface area contributed by atoms with Crippen LogP contribution in [-0.4, -0.2) is 36.3 Å². The zero-order valence-electron chi connectivity index (χ0n) is 12.6. The van der Waals surface area contributed by atoms with Gasteiger partial charge in [-0.25, -0.2) is 0 Å². The van der Waals surface area contributed by atoms with E-state index in [0.717, 1.165) is 11.8 Å². The fourth-order valence-electron chi connectivity index (χ4n) is 1.97. The van der Waals surface area contributed by atoms with Crippen LogP contribution < -0.4 is 9.47 Å². The Bertz CT molecular complexity index is 724. The van der Waals surface area contributed by atoms with Crippen molar-refractivity contribution in [2.45, 2.75) is 6.92 Å². The molecule has 5 nitrogen and oxygen atoms in total. The van der Waals surface area contributed by atoms with E-state index in [9.17, 15) is 9.59 Å². The first-order valence-electron chi connectivity index (χ1n) is 6.71. The maximum absolute atomic E-state index is 12.1. The van der Waals surface area contributed by atoms with Gasteiger partial charge in [-0.05, 0) is 42.5 Å². The van der Waals surface area contributed by atoms with Gasteiger partial charge in [0.05, 0.1) is 12.0 Å². The van der Waals surface area contributed by atoms with E-state index >= 15 is 0 Å². The first-order valence-corrected chi connectivity index (χ1v) is 8.31. The van der Waals surface area contributed by atoms with Crippen molar-refractivity contribution < 1.29 is 19.1 Å². The Morgan fingerprint density at radius 1 is 1.39 bits per heavy atom. The van der Waals surface area contributed by atoms with Gasteiger partial charge in [0.15, 0.2) is 11.5 Å². The summed E-state index contributed by atoms with van der Waals surface area (Å²) in [6, 6.07) is 3.43. The highest BCUT2D eigenvalue weighted by Crippen LogP contribution is 2.37. The number of thioether (sulfide) groups is 1. The third-order valence-electron chi connectivity index (χ3n) is 3.07. The number of benzene rings is 1. The van der Waals surface area contributed by atoms with E-state index in [4.69, 9.17) is 15.9 Å². The van der Waals surface area contributed by atoms with Crippen LogP contribution in [0, 0.1) is 12.3 Å². The van der Waals surface area contributed by atoms with E-state index in [1.165, 1.54) is 12.0 Å². The minimum atomic E-state index is -0.291. The van der Waals surface area contributed by atoms with Crippen molar-refractivity contribution in [3.8, 4) is 23.8 Å². The lowest BCUT2D eigenvalue weighted by Crippen LogP contribution is -2.27. The second-order valence-corrected chi connectivity index (χ2v) is 6.29. The lowest BCUT2D eigenvalue weighted by atomic mass is 10.2. The highest BCUT2D eigenvalue weighted by atomic mass is 79.9. The molecule has 0 aliphatic carbocycles. The Labute approximate surface area is 147 Å². The average molecular weight is 396 g/mol. The summed E-state index contributed by atoms with van der Waals surface area (Å²) in [4.78, 5) is 25.5. The molecular weight excluding hydrogens is 382 g/mol. The van der Waals surface area contributed by atoms with Gasteiger partial charge in [-0.1, -0.05) is 21.9 Å². The van der Waals surface area contributed by atoms with Gasteiger partial charge in [-0.2, -0.15) is 0 Å². The van der Waals surface area contributed by atoms with Crippen molar-refractivity contribution >= 4 is 44.9 Å². The van der Waals surface area contributed by atoms with Crippen molar-refractivity contribution in [3.63, 3.8) is 0 Å². The molecule has 1 fully saturated rings. The number of rotatable bonds is 5. The number of methoxy groups -OCH3 is 1. The van der Waals surface area contributed by atoms with E-state index in [-0.39, 0.29) is 17.8 Å². The van der Waals surface area contributed by atoms with Crippen molar-refractivity contribution in [1.82, 2.24) is 4.90 Å². The molecule has 1 aliphatic rings. The van der Waals surface area contributed by atoms with Crippen molar-refractivity contribution in [2.75, 3.05) is 20.3 Å². The number of halogens is 1. The summed E-state index contributed by atoms with van der Waals surface area (Å²) in [5.41, 5.74) is 0.705. The molecule has 0 atom stereocenters. The molecule has 2 amide bonds. The maximum atomic E-state index is 12.1. The minimum Gasteiger partial charge on any atom is -0.493 e. The van der Waals surface area contributed by atoms with E-state index in [1.807, 2.05) is 0 Å². The normalized spacial score (nSPS) is 15.9. The number of carbonyl (C=O) groups excluding carboxylic acids is 2. The molecule has 0 bridgehead atoms. The summed E-state index contributed by atoms with van der Waals surface area (Å²) in [7, 11) is 1.51. The quantitative estimate of drug-likeness (QED) is 0.563. The number of hydrogen-bond donors (Lipinski definition) is 0. The summed E-state index contributed by atoms with van der Waals surface area (Å²) in [5, 5.41) is -0.263. The Morgan fingerprint density at radius 2 is 2.13 bits per heavy atom. The van der Waals surface area contributed by atoms with Crippen molar-refractivity contribution in [2.24, 2.45) is 0 Å². The SMILES string of the molecule is C#CCOc1cc(Br)c(/C=C2/SC(=O)N(CC)C2=O)cc1OC. The van der Waals surface area contributed by atoms with Crippen LogP contribution in [0.3, 0.4) is 0 Å². The van der Waals surface area contributed by atoms with Gasteiger partial charge in [-0.3, -0.25) is 14.5 Å². The molecule has 1 aliphatic heterocycles. The van der Waals surface area contributed by atoms with Crippen LogP contribution in [0.2, 0.25) is 0 Å². The molecule has 0 aromatic heterocycles. The number of ether oxygens (including phenoxy) is 2. The Morgan fingerprint density at radius 3 is 2.70 bits per heavy atom. The maximum Gasteiger partial charge on any atom is 0.293 e. The monoisotopic (exact) mass is 395 g/mol. The third-order valence-corrected chi connectivity index (χ3v) is 4.66. The molecular formula is C16H14BrNO4S. The molecule has 0 N–H and O–H groups in total. The van der Waals surface area contributed by atoms with E-state index in [0.29, 0.717) is 33.0 Å². The number of imide groups is 1. The number of likely N-dealkylation sites (N-methyl/N-ethyl adjacent to an activating group) is 1. The number of amides is 2. The highest BCUT2D eigenvalue weighted by molar-refractivity contribution is 9.10. The molecule has 7 heteroatoms. The van der Waals surface area contributed by atoms with Gasteiger partial charge >= 0.3 is 0 Å². The summed E-state index contributed by atoms with van der Waals surface area (Å²) in [5.74, 6) is 3.08. The summed E-state index contributed by atoms with van der Waals surface area (Å²) >= 11 is 4.35. The predicted molar refractivity (Wildman–Crippen MR) is 93.4 cm³/mol. The lowest BCUT2D eigenvalue weighted by Gasteiger charge is -2.11. The van der Waals surface area contributed by atoms with Crippen LogP contribution in [0.4, 0.5) is 4.79 Å². The molecule has 0 unspecified atom stereocenters. The molecule has 1 saturated heterocycles. The second kappa shape index (κ2) is 7.57. The molecule has 1 aromatic carbocycles. The molecule has 0 radical (unpaired) electrons. The average Bonchev–Trinajstić information content (AvgIpc) is 2.80. The van der Waals surface area contributed by atoms with Gasteiger partial charge in [0.1, 0.15) is 6.61 Å². The van der Waals surface area contributed by atoms with Gasteiger partial charge in [0.2, 0.25) is 0 Å². The fourth-order valence-corrected chi connectivity index (χ4v) is 3.30. The first-order chi connectivity index (χ1) is 11.0. The summed E-state index contributed by atoms with van der Waals surface area (Å²) < 4.78 is 11.4. The summed E-state index contributed by atoms with van der Waals surface area (Å²) in [6.07, 6.45) is 6.84. The van der Waals surface area contributed by atoms with Gasteiger partial charge in [0.25, 0.3) is 11.1 Å². The molecule has 23 heavy (non-hydrogen) atoms. The number of nitrogens with zero attached hydrogens (tertiary/aromatic N) is 1. The topological polar surface area (TPSA) is 55.8 Å². The smallest absolute Gasteiger partial charge is 0.293 e. The molecule has 1 aromatic rings. The van der Waals surface area contributed by atoms with Crippen molar-refractivity contribution in [3.05, 3.63) is 27.1 Å². The van der Waals surface area contributed by atoms with E-state index < -0.39 is 0 Å². The van der Waals surface area contributed by atoms with Gasteiger partial charge in [0, 0.05) is 11.0 Å². The Kier molecular flexibility index (Phi) is 5.74. The number of hydrogen-bond acceptors (Lipinski definition) is 5. The van der Waals surface area contributed by atoms with Crippen LogP contribution in [0.25, 0.3) is 6.08 Å². The minimum absolute atomic E-state index is 0.123. The third kappa shape index (κ3) is 3.71. The van der Waals surface area contributed by atoms with Crippen LogP contribution in [0.1, 0.15) is 12.5 Å². The molecule has 2 rings (SSSR count). The van der Waals surface area contributed by atoms with Crippen LogP contribution >= 0.6 is 27.7 Å². The number of terminal acetylenes is 1. The molecule has 0 saturated carbocycles. The predicted octanol–water partition coefficient (Wildman–Crippen LogP) is 3.53. The fraction of sp³-hybridized carbons (Fsp3) is 0.250.